The number of aromatic nitrogens is 2. The SMILES string of the molecule is CC(C)(C)OC(=O)N(CC(=O)O)c1cccc(C(N)(Cc2ccc(-c3ccc(F)cc3)cc2)S(=O)(=O)c2cccnc2)n1. The molecule has 2 aromatic carbocycles. The zero-order chi connectivity index (χ0) is 31.4. The molecule has 10 nitrogen and oxygen atoms in total. The van der Waals surface area contributed by atoms with Crippen molar-refractivity contribution in [3.8, 4) is 11.1 Å². The molecule has 4 rings (SSSR count). The third-order valence-electron chi connectivity index (χ3n) is 6.37. The lowest BCUT2D eigenvalue weighted by atomic mass is 9.99. The van der Waals surface area contributed by atoms with Gasteiger partial charge in [-0.1, -0.05) is 42.5 Å². The average molecular weight is 607 g/mol. The van der Waals surface area contributed by atoms with E-state index in [-0.39, 0.29) is 28.6 Å². The van der Waals surface area contributed by atoms with E-state index in [1.54, 1.807) is 57.2 Å². The molecule has 0 saturated carbocycles. The van der Waals surface area contributed by atoms with Gasteiger partial charge >= 0.3 is 12.1 Å². The number of carbonyl (C=O) groups excluding carboxylic acids is 1. The van der Waals surface area contributed by atoms with Gasteiger partial charge in [0.05, 0.1) is 10.6 Å². The second-order valence-electron chi connectivity index (χ2n) is 10.8. The van der Waals surface area contributed by atoms with Crippen LogP contribution in [-0.4, -0.2) is 47.7 Å². The van der Waals surface area contributed by atoms with Crippen LogP contribution >= 0.6 is 0 Å². The van der Waals surface area contributed by atoms with Crippen molar-refractivity contribution >= 4 is 27.7 Å². The summed E-state index contributed by atoms with van der Waals surface area (Å²) >= 11 is 0. The summed E-state index contributed by atoms with van der Waals surface area (Å²) in [5, 5.41) is 9.49. The Labute approximate surface area is 248 Å². The lowest BCUT2D eigenvalue weighted by Gasteiger charge is -2.30. The van der Waals surface area contributed by atoms with Gasteiger partial charge in [0.25, 0.3) is 0 Å². The highest BCUT2D eigenvalue weighted by atomic mass is 32.2. The Bertz CT molecular complexity index is 1710. The van der Waals surface area contributed by atoms with Crippen LogP contribution in [0.15, 0.2) is 96.2 Å². The third kappa shape index (κ3) is 7.22. The first-order chi connectivity index (χ1) is 20.2. The van der Waals surface area contributed by atoms with Gasteiger partial charge in [-0.25, -0.2) is 22.6 Å². The molecule has 2 heterocycles. The second kappa shape index (κ2) is 12.3. The number of hydrogen-bond acceptors (Lipinski definition) is 8. The van der Waals surface area contributed by atoms with Gasteiger partial charge in [-0.15, -0.1) is 0 Å². The van der Waals surface area contributed by atoms with E-state index < -0.39 is 38.9 Å². The summed E-state index contributed by atoms with van der Waals surface area (Å²) in [5.74, 6) is -1.85. The number of hydrogen-bond donors (Lipinski definition) is 2. The number of ether oxygens (including phenoxy) is 1. The van der Waals surface area contributed by atoms with E-state index in [4.69, 9.17) is 10.5 Å². The van der Waals surface area contributed by atoms with Crippen LogP contribution in [0.5, 0.6) is 0 Å². The molecular formula is C31H31FN4O6S. The molecule has 224 valence electrons. The monoisotopic (exact) mass is 606 g/mol. The van der Waals surface area contributed by atoms with Crippen LogP contribution in [0.4, 0.5) is 15.0 Å². The molecular weight excluding hydrogens is 575 g/mol. The summed E-state index contributed by atoms with van der Waals surface area (Å²) in [6.45, 7) is 4.09. The van der Waals surface area contributed by atoms with Crippen molar-refractivity contribution in [3.63, 3.8) is 0 Å². The van der Waals surface area contributed by atoms with E-state index in [2.05, 4.69) is 9.97 Å². The van der Waals surface area contributed by atoms with E-state index in [1.165, 1.54) is 54.9 Å². The number of carbonyl (C=O) groups is 2. The van der Waals surface area contributed by atoms with Crippen molar-refractivity contribution < 1.29 is 32.2 Å². The molecule has 0 radical (unpaired) electrons. The number of sulfone groups is 1. The molecule has 0 spiro atoms. The van der Waals surface area contributed by atoms with E-state index in [0.29, 0.717) is 5.56 Å². The van der Waals surface area contributed by atoms with Crippen molar-refractivity contribution in [2.75, 3.05) is 11.4 Å². The topological polar surface area (TPSA) is 153 Å². The Kier molecular flexibility index (Phi) is 8.93. The second-order valence-corrected chi connectivity index (χ2v) is 13.0. The largest absolute Gasteiger partial charge is 0.480 e. The van der Waals surface area contributed by atoms with Crippen molar-refractivity contribution in [1.82, 2.24) is 9.97 Å². The highest BCUT2D eigenvalue weighted by molar-refractivity contribution is 7.92. The summed E-state index contributed by atoms with van der Waals surface area (Å²) in [6, 6.07) is 19.9. The van der Waals surface area contributed by atoms with Gasteiger partial charge in [-0.3, -0.25) is 14.7 Å². The Morgan fingerprint density at radius 3 is 2.14 bits per heavy atom. The zero-order valence-electron chi connectivity index (χ0n) is 23.8. The van der Waals surface area contributed by atoms with Gasteiger partial charge in [0.2, 0.25) is 9.84 Å². The van der Waals surface area contributed by atoms with Gasteiger partial charge in [0.1, 0.15) is 23.8 Å². The fourth-order valence-electron chi connectivity index (χ4n) is 4.30. The van der Waals surface area contributed by atoms with Gasteiger partial charge in [0.15, 0.2) is 4.87 Å². The summed E-state index contributed by atoms with van der Waals surface area (Å²) < 4.78 is 47.0. The summed E-state index contributed by atoms with van der Waals surface area (Å²) in [7, 11) is -4.37. The lowest BCUT2D eigenvalue weighted by Crippen LogP contribution is -2.48. The van der Waals surface area contributed by atoms with Crippen molar-refractivity contribution in [2.24, 2.45) is 5.73 Å². The van der Waals surface area contributed by atoms with Crippen LogP contribution < -0.4 is 10.6 Å². The number of aliphatic carboxylic acids is 1. The van der Waals surface area contributed by atoms with Crippen LogP contribution in [0.2, 0.25) is 0 Å². The molecule has 0 bridgehead atoms. The molecule has 4 aromatic rings. The highest BCUT2D eigenvalue weighted by Crippen LogP contribution is 2.35. The summed E-state index contributed by atoms with van der Waals surface area (Å²) in [6.07, 6.45) is 1.38. The first-order valence-corrected chi connectivity index (χ1v) is 14.7. The van der Waals surface area contributed by atoms with Crippen molar-refractivity contribution in [1.29, 1.82) is 0 Å². The minimum Gasteiger partial charge on any atom is -0.480 e. The third-order valence-corrected chi connectivity index (χ3v) is 8.55. The van der Waals surface area contributed by atoms with Crippen LogP contribution in [0.3, 0.4) is 0 Å². The number of rotatable bonds is 9. The maximum atomic E-state index is 14.1. The molecule has 12 heteroatoms. The normalized spacial score (nSPS) is 13.1. The molecule has 1 atom stereocenters. The molecule has 1 amide bonds. The highest BCUT2D eigenvalue weighted by Gasteiger charge is 2.45. The Balaban J connectivity index is 1.80. The lowest BCUT2D eigenvalue weighted by molar-refractivity contribution is -0.135. The van der Waals surface area contributed by atoms with Crippen LogP contribution in [0, 0.1) is 5.82 Å². The number of amides is 1. The van der Waals surface area contributed by atoms with E-state index in [1.807, 2.05) is 0 Å². The molecule has 3 N–H and O–H groups in total. The number of pyridine rings is 2. The minimum absolute atomic E-state index is 0.129. The van der Waals surface area contributed by atoms with Gasteiger partial charge in [0, 0.05) is 18.8 Å². The van der Waals surface area contributed by atoms with Crippen LogP contribution in [0.25, 0.3) is 11.1 Å². The number of anilines is 1. The first kappa shape index (κ1) is 31.3. The minimum atomic E-state index is -4.37. The number of carboxylic acids is 1. The van der Waals surface area contributed by atoms with Gasteiger partial charge < -0.3 is 15.6 Å². The van der Waals surface area contributed by atoms with Crippen LogP contribution in [-0.2, 0) is 30.7 Å². The average Bonchev–Trinajstić information content (AvgIpc) is 2.96. The number of benzene rings is 2. The van der Waals surface area contributed by atoms with E-state index in [9.17, 15) is 27.5 Å². The fourth-order valence-corrected chi connectivity index (χ4v) is 5.92. The Morgan fingerprint density at radius 1 is 0.953 bits per heavy atom. The van der Waals surface area contributed by atoms with Crippen LogP contribution in [0.1, 0.15) is 32.0 Å². The molecule has 43 heavy (non-hydrogen) atoms. The number of carboxylic acid groups (broad SMARTS) is 1. The zero-order valence-corrected chi connectivity index (χ0v) is 24.6. The maximum absolute atomic E-state index is 14.1. The molecule has 0 saturated heterocycles. The Hall–Kier alpha value is -4.68. The van der Waals surface area contributed by atoms with Gasteiger partial charge in [-0.05, 0) is 73.9 Å². The number of nitrogens with zero attached hydrogens (tertiary/aromatic N) is 3. The predicted octanol–water partition coefficient (Wildman–Crippen LogP) is 4.94. The quantitative estimate of drug-likeness (QED) is 0.270. The predicted molar refractivity (Wildman–Crippen MR) is 158 cm³/mol. The van der Waals surface area contributed by atoms with Gasteiger partial charge in [-0.2, -0.15) is 0 Å². The maximum Gasteiger partial charge on any atom is 0.416 e. The van der Waals surface area contributed by atoms with E-state index >= 15 is 0 Å². The molecule has 1 unspecified atom stereocenters. The smallest absolute Gasteiger partial charge is 0.416 e. The fraction of sp³-hybridized carbons (Fsp3) is 0.226. The van der Waals surface area contributed by atoms with Crippen molar-refractivity contribution in [3.05, 3.63) is 108 Å². The standard InChI is InChI=1S/C31H31FN4O6S/c1-30(2,3)42-29(39)36(20-28(37)38)27-8-4-7-26(35-27)31(33,43(40,41)25-6-5-17-34-19-25)18-21-9-11-22(12-10-21)23-13-15-24(32)16-14-23/h4-17,19H,18,20,33H2,1-3H3,(H,37,38). The Morgan fingerprint density at radius 2 is 1.58 bits per heavy atom. The molecule has 0 aliphatic heterocycles. The first-order valence-electron chi connectivity index (χ1n) is 13.2. The number of nitrogens with two attached hydrogens (primary N) is 1. The molecule has 2 aromatic heterocycles. The summed E-state index contributed by atoms with van der Waals surface area (Å²) in [4.78, 5) is 31.4. The number of halogens is 1. The molecule has 0 aliphatic rings. The molecule has 0 aliphatic carbocycles. The summed E-state index contributed by atoms with van der Waals surface area (Å²) in [5.41, 5.74) is 7.83. The molecule has 0 fully saturated rings. The van der Waals surface area contributed by atoms with Crippen molar-refractivity contribution in [2.45, 2.75) is 42.6 Å². The van der Waals surface area contributed by atoms with E-state index in [0.717, 1.165) is 16.0 Å².